The summed E-state index contributed by atoms with van der Waals surface area (Å²) in [7, 11) is 0. The summed E-state index contributed by atoms with van der Waals surface area (Å²) in [6.07, 6.45) is -0.475. The van der Waals surface area contributed by atoms with E-state index in [1.165, 1.54) is 4.90 Å². The fourth-order valence-corrected chi connectivity index (χ4v) is 2.02. The van der Waals surface area contributed by atoms with Gasteiger partial charge in [0.05, 0.1) is 6.54 Å². The number of nitrogens with one attached hydrogen (secondary N) is 1. The maximum Gasteiger partial charge on any atom is 0.411 e. The molecule has 2 rings (SSSR count). The van der Waals surface area contributed by atoms with Gasteiger partial charge in [0.15, 0.2) is 0 Å². The highest BCUT2D eigenvalue weighted by atomic mass is 16.6. The summed E-state index contributed by atoms with van der Waals surface area (Å²) in [5.74, 6) is -0.208. The van der Waals surface area contributed by atoms with E-state index in [1.807, 2.05) is 24.3 Å². The molecule has 0 aromatic heterocycles. The monoisotopic (exact) mass is 276 g/mol. The lowest BCUT2D eigenvalue weighted by atomic mass is 10.1. The molecule has 0 bridgehead atoms. The molecule has 5 heteroatoms. The molecule has 0 spiro atoms. The molecular weight excluding hydrogens is 256 g/mol. The Labute approximate surface area is 118 Å². The van der Waals surface area contributed by atoms with Crippen molar-refractivity contribution in [3.05, 3.63) is 29.8 Å². The topological polar surface area (TPSA) is 58.6 Å². The largest absolute Gasteiger partial charge is 0.444 e. The van der Waals surface area contributed by atoms with E-state index in [1.54, 1.807) is 27.7 Å². The maximum atomic E-state index is 12.3. The molecule has 0 radical (unpaired) electrons. The fourth-order valence-electron chi connectivity index (χ4n) is 2.02. The number of amides is 2. The van der Waals surface area contributed by atoms with Gasteiger partial charge in [0, 0.05) is 5.69 Å². The predicted molar refractivity (Wildman–Crippen MR) is 76.3 cm³/mol. The van der Waals surface area contributed by atoms with Crippen LogP contribution in [0.25, 0.3) is 0 Å². The van der Waals surface area contributed by atoms with E-state index in [0.717, 1.165) is 11.3 Å². The first kappa shape index (κ1) is 14.4. The molecule has 0 unspecified atom stereocenters. The summed E-state index contributed by atoms with van der Waals surface area (Å²) in [5.41, 5.74) is 1.06. The van der Waals surface area contributed by atoms with E-state index in [0.29, 0.717) is 6.54 Å². The Hall–Kier alpha value is -2.04. The van der Waals surface area contributed by atoms with Crippen LogP contribution in [0, 0.1) is 0 Å². The zero-order valence-electron chi connectivity index (χ0n) is 12.3. The summed E-state index contributed by atoms with van der Waals surface area (Å²) in [6, 6.07) is 6.89. The molecule has 1 aliphatic heterocycles. The number of carbonyl (C=O) groups is 2. The zero-order valence-corrected chi connectivity index (χ0v) is 12.3. The van der Waals surface area contributed by atoms with E-state index >= 15 is 0 Å². The predicted octanol–water partition coefficient (Wildman–Crippen LogP) is 2.76. The minimum Gasteiger partial charge on any atom is -0.444 e. The van der Waals surface area contributed by atoms with Crippen molar-refractivity contribution < 1.29 is 14.3 Å². The molecule has 1 aromatic carbocycles. The number of anilines is 1. The van der Waals surface area contributed by atoms with Gasteiger partial charge >= 0.3 is 6.09 Å². The average Bonchev–Trinajstić information content (AvgIpc) is 2.46. The van der Waals surface area contributed by atoms with Crippen molar-refractivity contribution in [2.75, 3.05) is 5.32 Å². The van der Waals surface area contributed by atoms with Crippen LogP contribution in [-0.2, 0) is 16.1 Å². The lowest BCUT2D eigenvalue weighted by molar-refractivity contribution is -0.120. The Morgan fingerprint density at radius 3 is 2.65 bits per heavy atom. The lowest BCUT2D eigenvalue weighted by Gasteiger charge is -2.29. The maximum absolute atomic E-state index is 12.3. The van der Waals surface area contributed by atoms with Gasteiger partial charge in [-0.1, -0.05) is 18.2 Å². The molecule has 1 heterocycles. The van der Waals surface area contributed by atoms with Crippen LogP contribution in [0.3, 0.4) is 0 Å². The number of ether oxygens (including phenoxy) is 1. The summed E-state index contributed by atoms with van der Waals surface area (Å²) in [4.78, 5) is 25.8. The van der Waals surface area contributed by atoms with Crippen LogP contribution in [0.5, 0.6) is 0 Å². The van der Waals surface area contributed by atoms with Crippen LogP contribution in [0.4, 0.5) is 10.5 Å². The lowest BCUT2D eigenvalue weighted by Crippen LogP contribution is -2.45. The van der Waals surface area contributed by atoms with Crippen LogP contribution < -0.4 is 5.32 Å². The van der Waals surface area contributed by atoms with Crippen LogP contribution in [0.2, 0.25) is 0 Å². The molecule has 20 heavy (non-hydrogen) atoms. The highest BCUT2D eigenvalue weighted by Gasteiger charge is 2.32. The van der Waals surface area contributed by atoms with E-state index in [-0.39, 0.29) is 5.91 Å². The van der Waals surface area contributed by atoms with Crippen LogP contribution >= 0.6 is 0 Å². The quantitative estimate of drug-likeness (QED) is 0.792. The van der Waals surface area contributed by atoms with Gasteiger partial charge in [0.2, 0.25) is 5.91 Å². The van der Waals surface area contributed by atoms with Gasteiger partial charge in [0.25, 0.3) is 0 Å². The SMILES string of the molecule is C[C@H]1C(=O)Nc2ccccc2CN1C(=O)OC(C)(C)C. The second-order valence-corrected chi connectivity index (χ2v) is 5.93. The molecule has 108 valence electrons. The van der Waals surface area contributed by atoms with E-state index < -0.39 is 17.7 Å². The Morgan fingerprint density at radius 2 is 2.00 bits per heavy atom. The van der Waals surface area contributed by atoms with E-state index in [2.05, 4.69) is 5.32 Å². The summed E-state index contributed by atoms with van der Waals surface area (Å²) < 4.78 is 5.37. The van der Waals surface area contributed by atoms with E-state index in [4.69, 9.17) is 4.74 Å². The highest BCUT2D eigenvalue weighted by molar-refractivity contribution is 5.97. The number of fused-ring (bicyclic) bond motifs is 1. The van der Waals surface area contributed by atoms with Gasteiger partial charge in [0.1, 0.15) is 11.6 Å². The van der Waals surface area contributed by atoms with Crippen LogP contribution in [-0.4, -0.2) is 28.5 Å². The van der Waals surface area contributed by atoms with Crippen molar-refractivity contribution in [1.82, 2.24) is 4.90 Å². The van der Waals surface area contributed by atoms with Gasteiger partial charge in [-0.15, -0.1) is 0 Å². The third kappa shape index (κ3) is 3.10. The molecule has 2 amide bonds. The standard InChI is InChI=1S/C15H20N2O3/c1-10-13(18)16-12-8-6-5-7-11(12)9-17(10)14(19)20-15(2,3)4/h5-8,10H,9H2,1-4H3,(H,16,18)/t10-/m0/s1. The molecule has 0 saturated heterocycles. The Bertz CT molecular complexity index is 534. The number of hydrogen-bond donors (Lipinski definition) is 1. The smallest absolute Gasteiger partial charge is 0.411 e. The molecule has 1 atom stereocenters. The number of benzene rings is 1. The van der Waals surface area contributed by atoms with Crippen molar-refractivity contribution in [1.29, 1.82) is 0 Å². The van der Waals surface area contributed by atoms with E-state index in [9.17, 15) is 9.59 Å². The van der Waals surface area contributed by atoms with Crippen molar-refractivity contribution in [2.45, 2.75) is 45.9 Å². The fraction of sp³-hybridized carbons (Fsp3) is 0.467. The van der Waals surface area contributed by atoms with Crippen LogP contribution in [0.1, 0.15) is 33.3 Å². The number of para-hydroxylation sites is 1. The third-order valence-corrected chi connectivity index (χ3v) is 3.09. The number of nitrogens with zero attached hydrogens (tertiary/aromatic N) is 1. The minimum atomic E-state index is -0.584. The molecule has 1 aliphatic rings. The van der Waals surface area contributed by atoms with Crippen LogP contribution in [0.15, 0.2) is 24.3 Å². The highest BCUT2D eigenvalue weighted by Crippen LogP contribution is 2.24. The van der Waals surface area contributed by atoms with Gasteiger partial charge in [-0.05, 0) is 39.3 Å². The molecule has 1 N–H and O–H groups in total. The third-order valence-electron chi connectivity index (χ3n) is 3.09. The van der Waals surface area contributed by atoms with Crippen molar-refractivity contribution in [3.63, 3.8) is 0 Å². The molecule has 0 fully saturated rings. The second-order valence-electron chi connectivity index (χ2n) is 5.93. The number of rotatable bonds is 0. The minimum absolute atomic E-state index is 0.208. The van der Waals surface area contributed by atoms with Gasteiger partial charge in [-0.25, -0.2) is 4.79 Å². The van der Waals surface area contributed by atoms with Crippen molar-refractivity contribution in [3.8, 4) is 0 Å². The summed E-state index contributed by atoms with van der Waals surface area (Å²) >= 11 is 0. The average molecular weight is 276 g/mol. The van der Waals surface area contributed by atoms with Gasteiger partial charge in [-0.2, -0.15) is 0 Å². The first-order valence-corrected chi connectivity index (χ1v) is 6.66. The Balaban J connectivity index is 2.29. The zero-order chi connectivity index (χ0) is 14.9. The van der Waals surface area contributed by atoms with Gasteiger partial charge in [-0.3, -0.25) is 9.69 Å². The Kier molecular flexibility index (Phi) is 3.70. The molecule has 0 aliphatic carbocycles. The molecular formula is C15H20N2O3. The van der Waals surface area contributed by atoms with Crippen molar-refractivity contribution in [2.24, 2.45) is 0 Å². The molecule has 0 saturated carbocycles. The summed E-state index contributed by atoms with van der Waals surface area (Å²) in [5, 5.41) is 2.83. The molecule has 1 aromatic rings. The Morgan fingerprint density at radius 1 is 1.35 bits per heavy atom. The number of hydrogen-bond acceptors (Lipinski definition) is 3. The summed E-state index contributed by atoms with van der Waals surface area (Å²) in [6.45, 7) is 7.47. The normalized spacial score (nSPS) is 18.9. The molecule has 5 nitrogen and oxygen atoms in total. The first-order valence-electron chi connectivity index (χ1n) is 6.66. The van der Waals surface area contributed by atoms with Gasteiger partial charge < -0.3 is 10.1 Å². The van der Waals surface area contributed by atoms with Crippen molar-refractivity contribution >= 4 is 17.7 Å². The second kappa shape index (κ2) is 5.15. The first-order chi connectivity index (χ1) is 9.28. The number of carbonyl (C=O) groups excluding carboxylic acids is 2.